The molecule has 0 bridgehead atoms. The third kappa shape index (κ3) is 6.27. The minimum Gasteiger partial charge on any atom is -0.363 e. The van der Waals surface area contributed by atoms with Crippen molar-refractivity contribution in [2.24, 2.45) is 5.73 Å². The van der Waals surface area contributed by atoms with Crippen LogP contribution in [0.2, 0.25) is 0 Å². The molecule has 0 aliphatic carbocycles. The van der Waals surface area contributed by atoms with Gasteiger partial charge in [-0.1, -0.05) is 42.5 Å². The number of nitrogens with two attached hydrogens (primary N) is 1. The van der Waals surface area contributed by atoms with Gasteiger partial charge in [-0.15, -0.1) is 0 Å². The van der Waals surface area contributed by atoms with Crippen molar-refractivity contribution in [1.82, 2.24) is 15.6 Å². The lowest BCUT2D eigenvalue weighted by molar-refractivity contribution is -0.128. The highest BCUT2D eigenvalue weighted by molar-refractivity contribution is 6.01. The van der Waals surface area contributed by atoms with Gasteiger partial charge in [0.05, 0.1) is 12.2 Å². The molecule has 37 heavy (non-hydrogen) atoms. The number of amides is 3. The van der Waals surface area contributed by atoms with E-state index in [0.717, 1.165) is 28.1 Å². The van der Waals surface area contributed by atoms with Gasteiger partial charge in [0, 0.05) is 36.0 Å². The van der Waals surface area contributed by atoms with Gasteiger partial charge in [0.25, 0.3) is 5.91 Å². The number of fused-ring (bicyclic) bond motifs is 1. The number of nitrogens with zero attached hydrogens (tertiary/aromatic N) is 1. The Morgan fingerprint density at radius 2 is 1.84 bits per heavy atom. The Morgan fingerprint density at radius 3 is 2.54 bits per heavy atom. The van der Waals surface area contributed by atoms with Crippen molar-refractivity contribution in [3.8, 4) is 11.1 Å². The highest BCUT2D eigenvalue weighted by Gasteiger charge is 2.32. The summed E-state index contributed by atoms with van der Waals surface area (Å²) >= 11 is 0. The molecule has 1 aromatic heterocycles. The van der Waals surface area contributed by atoms with Crippen molar-refractivity contribution >= 4 is 23.4 Å². The summed E-state index contributed by atoms with van der Waals surface area (Å²) in [6, 6.07) is 16.7. The van der Waals surface area contributed by atoms with Crippen LogP contribution in [0.15, 0.2) is 60.8 Å². The van der Waals surface area contributed by atoms with Crippen molar-refractivity contribution in [2.45, 2.75) is 58.2 Å². The lowest BCUT2D eigenvalue weighted by atomic mass is 9.98. The zero-order chi connectivity index (χ0) is 26.6. The Labute approximate surface area is 217 Å². The fourth-order valence-electron chi connectivity index (χ4n) is 4.68. The monoisotopic (exact) mass is 501 g/mol. The second-order valence-electron chi connectivity index (χ2n) is 10.2. The van der Waals surface area contributed by atoms with E-state index in [1.807, 2.05) is 67.7 Å². The average molecular weight is 502 g/mol. The van der Waals surface area contributed by atoms with E-state index in [4.69, 9.17) is 5.73 Å². The minimum absolute atomic E-state index is 0.108. The number of aromatic amines is 1. The van der Waals surface area contributed by atoms with Gasteiger partial charge < -0.3 is 26.3 Å². The van der Waals surface area contributed by atoms with E-state index < -0.39 is 11.6 Å². The molecule has 3 amide bonds. The fourth-order valence-corrected chi connectivity index (χ4v) is 4.68. The summed E-state index contributed by atoms with van der Waals surface area (Å²) < 4.78 is 0. The van der Waals surface area contributed by atoms with Gasteiger partial charge in [-0.05, 0) is 62.4 Å². The number of anilines is 1. The molecule has 0 radical (unpaired) electrons. The molecule has 5 N–H and O–H groups in total. The SMILES string of the molecule is CCNC(=O)c1ccccc1-c1ccc(CN2C(=O)[C@H](NC(=O)CC(C)(C)N)CCc3[nH]ccc32)cc1. The maximum Gasteiger partial charge on any atom is 0.251 e. The predicted octanol–water partition coefficient (Wildman–Crippen LogP) is 3.52. The Hall–Kier alpha value is -3.91. The summed E-state index contributed by atoms with van der Waals surface area (Å²) in [5, 5.41) is 5.76. The number of hydrogen-bond donors (Lipinski definition) is 4. The molecule has 0 unspecified atom stereocenters. The molecule has 194 valence electrons. The van der Waals surface area contributed by atoms with Crippen LogP contribution in [-0.2, 0) is 22.6 Å². The molecule has 1 aliphatic rings. The molecule has 0 fully saturated rings. The molecule has 1 aliphatic heterocycles. The Bertz CT molecular complexity index is 1270. The number of carbonyl (C=O) groups excluding carboxylic acids is 3. The summed E-state index contributed by atoms with van der Waals surface area (Å²) in [5.74, 6) is -0.484. The first-order valence-corrected chi connectivity index (χ1v) is 12.7. The number of aromatic nitrogens is 1. The van der Waals surface area contributed by atoms with Crippen LogP contribution in [0.5, 0.6) is 0 Å². The third-order valence-corrected chi connectivity index (χ3v) is 6.41. The van der Waals surface area contributed by atoms with E-state index in [1.165, 1.54) is 0 Å². The van der Waals surface area contributed by atoms with E-state index in [2.05, 4.69) is 15.6 Å². The average Bonchev–Trinajstić information content (AvgIpc) is 3.28. The Morgan fingerprint density at radius 1 is 1.11 bits per heavy atom. The van der Waals surface area contributed by atoms with Gasteiger partial charge in [0.2, 0.25) is 11.8 Å². The maximum absolute atomic E-state index is 13.6. The maximum atomic E-state index is 13.6. The van der Waals surface area contributed by atoms with Crippen molar-refractivity contribution in [3.05, 3.63) is 77.6 Å². The summed E-state index contributed by atoms with van der Waals surface area (Å²) in [5.41, 5.74) is 10.5. The van der Waals surface area contributed by atoms with Crippen LogP contribution in [0.25, 0.3) is 11.1 Å². The van der Waals surface area contributed by atoms with Crippen LogP contribution < -0.4 is 21.3 Å². The zero-order valence-corrected chi connectivity index (χ0v) is 21.6. The molecule has 3 aromatic rings. The number of aryl methyl sites for hydroxylation is 1. The van der Waals surface area contributed by atoms with Crippen molar-refractivity contribution in [1.29, 1.82) is 0 Å². The Kier molecular flexibility index (Phi) is 7.78. The lowest BCUT2D eigenvalue weighted by Crippen LogP contribution is -2.49. The zero-order valence-electron chi connectivity index (χ0n) is 21.6. The smallest absolute Gasteiger partial charge is 0.251 e. The second kappa shape index (κ2) is 11.0. The Balaban J connectivity index is 1.56. The fraction of sp³-hybridized carbons (Fsp3) is 0.345. The first-order chi connectivity index (χ1) is 17.7. The molecule has 8 heteroatoms. The minimum atomic E-state index is -0.653. The molecular weight excluding hydrogens is 466 g/mol. The van der Waals surface area contributed by atoms with E-state index in [9.17, 15) is 14.4 Å². The number of H-pyrrole nitrogens is 1. The third-order valence-electron chi connectivity index (χ3n) is 6.41. The first kappa shape index (κ1) is 26.2. The number of hydrogen-bond acceptors (Lipinski definition) is 4. The number of rotatable bonds is 8. The summed E-state index contributed by atoms with van der Waals surface area (Å²) in [6.45, 7) is 6.39. The molecule has 0 spiro atoms. The highest BCUT2D eigenvalue weighted by Crippen LogP contribution is 2.29. The molecule has 1 atom stereocenters. The molecular formula is C29H35N5O3. The molecule has 2 heterocycles. The summed E-state index contributed by atoms with van der Waals surface area (Å²) in [4.78, 5) is 43.6. The van der Waals surface area contributed by atoms with Crippen LogP contribution in [0.4, 0.5) is 5.69 Å². The van der Waals surface area contributed by atoms with Gasteiger partial charge in [-0.2, -0.15) is 0 Å². The molecule has 2 aromatic carbocycles. The lowest BCUT2D eigenvalue weighted by Gasteiger charge is -2.26. The molecule has 0 saturated carbocycles. The first-order valence-electron chi connectivity index (χ1n) is 12.7. The summed E-state index contributed by atoms with van der Waals surface area (Å²) in [7, 11) is 0. The van der Waals surface area contributed by atoms with Crippen molar-refractivity contribution in [3.63, 3.8) is 0 Å². The van der Waals surface area contributed by atoms with Crippen molar-refractivity contribution < 1.29 is 14.4 Å². The van der Waals surface area contributed by atoms with E-state index in [1.54, 1.807) is 18.7 Å². The van der Waals surface area contributed by atoms with Crippen LogP contribution in [0, 0.1) is 0 Å². The van der Waals surface area contributed by atoms with Crippen LogP contribution in [0.3, 0.4) is 0 Å². The van der Waals surface area contributed by atoms with Crippen molar-refractivity contribution in [2.75, 3.05) is 11.4 Å². The summed E-state index contributed by atoms with van der Waals surface area (Å²) in [6.07, 6.45) is 3.13. The van der Waals surface area contributed by atoms with Gasteiger partial charge in [-0.25, -0.2) is 0 Å². The standard InChI is InChI=1S/C29H35N5O3/c1-4-31-27(36)22-8-6-5-7-21(22)20-11-9-19(10-12-20)18-34-25-15-16-32-23(25)13-14-24(28(34)37)33-26(35)17-29(2,3)30/h5-12,15-16,24,32H,4,13-14,17-18,30H2,1-3H3,(H,31,36)(H,33,35)/t24-/m1/s1. The highest BCUT2D eigenvalue weighted by atomic mass is 16.2. The number of benzene rings is 2. The number of carbonyl (C=O) groups is 3. The van der Waals surface area contributed by atoms with E-state index in [0.29, 0.717) is 31.5 Å². The molecule has 4 rings (SSSR count). The number of nitrogens with one attached hydrogen (secondary N) is 3. The molecule has 0 saturated heterocycles. The second-order valence-corrected chi connectivity index (χ2v) is 10.2. The largest absolute Gasteiger partial charge is 0.363 e. The van der Waals surface area contributed by atoms with Crippen LogP contribution in [0.1, 0.15) is 55.2 Å². The predicted molar refractivity (Wildman–Crippen MR) is 145 cm³/mol. The normalized spacial score (nSPS) is 15.6. The van der Waals surface area contributed by atoms with Crippen LogP contribution >= 0.6 is 0 Å². The van der Waals surface area contributed by atoms with E-state index >= 15 is 0 Å². The quantitative estimate of drug-likeness (QED) is 0.377. The van der Waals surface area contributed by atoms with Gasteiger partial charge >= 0.3 is 0 Å². The van der Waals surface area contributed by atoms with Gasteiger partial charge in [0.15, 0.2) is 0 Å². The van der Waals surface area contributed by atoms with Gasteiger partial charge in [-0.3, -0.25) is 14.4 Å². The topological polar surface area (TPSA) is 120 Å². The van der Waals surface area contributed by atoms with Crippen LogP contribution in [-0.4, -0.2) is 40.8 Å². The van der Waals surface area contributed by atoms with E-state index in [-0.39, 0.29) is 24.1 Å². The van der Waals surface area contributed by atoms with Gasteiger partial charge in [0.1, 0.15) is 6.04 Å². The molecule has 8 nitrogen and oxygen atoms in total.